The number of nitrogens with one attached hydrogen (secondary N) is 2. The van der Waals surface area contributed by atoms with E-state index in [9.17, 15) is 9.90 Å². The summed E-state index contributed by atoms with van der Waals surface area (Å²) in [6.45, 7) is 0.676. The van der Waals surface area contributed by atoms with Crippen LogP contribution in [0.1, 0.15) is 11.8 Å². The summed E-state index contributed by atoms with van der Waals surface area (Å²) in [6.07, 6.45) is 0.851. The highest BCUT2D eigenvalue weighted by Crippen LogP contribution is 2.31. The molecule has 4 atom stereocenters. The topological polar surface area (TPSA) is 140 Å². The number of amides is 1. The molecule has 5 N–H and O–H groups in total. The van der Waals surface area contributed by atoms with Crippen molar-refractivity contribution in [3.63, 3.8) is 0 Å². The Morgan fingerprint density at radius 1 is 1.28 bits per heavy atom. The van der Waals surface area contributed by atoms with E-state index in [1.807, 2.05) is 18.2 Å². The molecule has 10 nitrogen and oxygen atoms in total. The quantitative estimate of drug-likeness (QED) is 0.449. The second-order valence-electron chi connectivity index (χ2n) is 6.84. The molecule has 10 heteroatoms. The summed E-state index contributed by atoms with van der Waals surface area (Å²) in [6, 6.07) is 9.26. The number of carbonyl (C=O) groups is 1. The molecular weight excluding hydrogens is 374 g/mol. The lowest BCUT2D eigenvalue weighted by Gasteiger charge is -2.16. The minimum atomic E-state index is -1.08. The van der Waals surface area contributed by atoms with E-state index < -0.39 is 24.5 Å². The highest BCUT2D eigenvalue weighted by Gasteiger charge is 2.46. The van der Waals surface area contributed by atoms with E-state index in [0.717, 1.165) is 6.42 Å². The SMILES string of the molecule is CNC(=O)C1OC(n2cnc3c(NCCc4ccccc4)ncnc32)C(O)C1N. The monoisotopic (exact) mass is 397 g/mol. The molecule has 2 aromatic heterocycles. The summed E-state index contributed by atoms with van der Waals surface area (Å²) in [5.41, 5.74) is 8.22. The fraction of sp³-hybridized carbons (Fsp3) is 0.368. The van der Waals surface area contributed by atoms with Gasteiger partial charge in [0.1, 0.15) is 12.4 Å². The van der Waals surface area contributed by atoms with E-state index >= 15 is 0 Å². The van der Waals surface area contributed by atoms with Crippen molar-refractivity contribution in [1.82, 2.24) is 24.8 Å². The second kappa shape index (κ2) is 8.11. The molecule has 1 amide bonds. The van der Waals surface area contributed by atoms with Crippen LogP contribution in [0.5, 0.6) is 0 Å². The predicted molar refractivity (Wildman–Crippen MR) is 106 cm³/mol. The number of carbonyl (C=O) groups excluding carboxylic acids is 1. The van der Waals surface area contributed by atoms with Crippen LogP contribution in [0.15, 0.2) is 43.0 Å². The molecule has 4 unspecified atom stereocenters. The molecule has 1 fully saturated rings. The maximum atomic E-state index is 12.0. The van der Waals surface area contributed by atoms with Gasteiger partial charge in [-0.25, -0.2) is 15.0 Å². The molecule has 4 rings (SSSR count). The first kappa shape index (κ1) is 19.2. The number of rotatable bonds is 6. The summed E-state index contributed by atoms with van der Waals surface area (Å²) >= 11 is 0. The number of hydrogen-bond acceptors (Lipinski definition) is 8. The van der Waals surface area contributed by atoms with Crippen molar-refractivity contribution in [3.05, 3.63) is 48.5 Å². The number of benzene rings is 1. The van der Waals surface area contributed by atoms with E-state index in [2.05, 4.69) is 37.7 Å². The van der Waals surface area contributed by atoms with Crippen LogP contribution in [0.4, 0.5) is 5.82 Å². The zero-order chi connectivity index (χ0) is 20.4. The number of aliphatic hydroxyl groups excluding tert-OH is 1. The van der Waals surface area contributed by atoms with Gasteiger partial charge in [-0.15, -0.1) is 0 Å². The molecule has 0 radical (unpaired) electrons. The van der Waals surface area contributed by atoms with Crippen molar-refractivity contribution in [2.75, 3.05) is 18.9 Å². The first-order chi connectivity index (χ1) is 14.1. The van der Waals surface area contributed by atoms with Gasteiger partial charge in [0.2, 0.25) is 0 Å². The van der Waals surface area contributed by atoms with Gasteiger partial charge in [0, 0.05) is 13.6 Å². The van der Waals surface area contributed by atoms with Gasteiger partial charge in [-0.1, -0.05) is 30.3 Å². The molecule has 0 aliphatic carbocycles. The Kier molecular flexibility index (Phi) is 5.38. The second-order valence-corrected chi connectivity index (χ2v) is 6.84. The molecule has 29 heavy (non-hydrogen) atoms. The number of aromatic nitrogens is 4. The molecule has 152 valence electrons. The van der Waals surface area contributed by atoms with Gasteiger partial charge in [0.05, 0.1) is 12.4 Å². The fourth-order valence-electron chi connectivity index (χ4n) is 3.44. The number of likely N-dealkylation sites (N-methyl/N-ethyl adjacent to an activating group) is 1. The highest BCUT2D eigenvalue weighted by atomic mass is 16.5. The van der Waals surface area contributed by atoms with Crippen molar-refractivity contribution in [3.8, 4) is 0 Å². The van der Waals surface area contributed by atoms with Crippen LogP contribution in [0.3, 0.4) is 0 Å². The molecule has 1 aromatic carbocycles. The van der Waals surface area contributed by atoms with Gasteiger partial charge in [0.15, 0.2) is 29.3 Å². The predicted octanol–water partition coefficient (Wildman–Crippen LogP) is -0.188. The van der Waals surface area contributed by atoms with Gasteiger partial charge in [-0.3, -0.25) is 9.36 Å². The Morgan fingerprint density at radius 3 is 2.83 bits per heavy atom. The first-order valence-electron chi connectivity index (χ1n) is 9.36. The van der Waals surface area contributed by atoms with E-state index in [1.54, 1.807) is 4.57 Å². The van der Waals surface area contributed by atoms with Crippen molar-refractivity contribution < 1.29 is 14.6 Å². The van der Waals surface area contributed by atoms with Crippen LogP contribution in [0, 0.1) is 0 Å². The van der Waals surface area contributed by atoms with Gasteiger partial charge in [0.25, 0.3) is 5.91 Å². The molecule has 0 saturated carbocycles. The van der Waals surface area contributed by atoms with E-state index in [0.29, 0.717) is 23.5 Å². The Labute approximate surface area is 167 Å². The van der Waals surface area contributed by atoms with Crippen LogP contribution in [-0.4, -0.2) is 62.4 Å². The normalized spacial score (nSPS) is 24.0. The molecular formula is C19H23N7O3. The number of anilines is 1. The minimum Gasteiger partial charge on any atom is -0.387 e. The van der Waals surface area contributed by atoms with Crippen molar-refractivity contribution in [2.24, 2.45) is 5.73 Å². The lowest BCUT2D eigenvalue weighted by molar-refractivity contribution is -0.134. The Morgan fingerprint density at radius 2 is 2.07 bits per heavy atom. The fourth-order valence-corrected chi connectivity index (χ4v) is 3.44. The smallest absolute Gasteiger partial charge is 0.250 e. The summed E-state index contributed by atoms with van der Waals surface area (Å²) in [7, 11) is 1.49. The molecule has 0 spiro atoms. The number of nitrogens with zero attached hydrogens (tertiary/aromatic N) is 4. The average molecular weight is 397 g/mol. The van der Waals surface area contributed by atoms with E-state index in [4.69, 9.17) is 10.5 Å². The Balaban J connectivity index is 1.54. The third-order valence-corrected chi connectivity index (χ3v) is 5.01. The number of aliphatic hydroxyl groups is 1. The lowest BCUT2D eigenvalue weighted by atomic mass is 10.1. The third kappa shape index (κ3) is 3.65. The molecule has 1 aliphatic heterocycles. The molecule has 0 bridgehead atoms. The number of imidazole rings is 1. The van der Waals surface area contributed by atoms with Crippen molar-refractivity contribution in [2.45, 2.75) is 30.9 Å². The van der Waals surface area contributed by atoms with E-state index in [1.165, 1.54) is 25.3 Å². The molecule has 1 aliphatic rings. The highest BCUT2D eigenvalue weighted by molar-refractivity contribution is 5.83. The number of fused-ring (bicyclic) bond motifs is 1. The van der Waals surface area contributed by atoms with Gasteiger partial charge in [-0.05, 0) is 12.0 Å². The maximum absolute atomic E-state index is 12.0. The molecule has 1 saturated heterocycles. The van der Waals surface area contributed by atoms with Crippen LogP contribution < -0.4 is 16.4 Å². The Hall–Kier alpha value is -3.08. The third-order valence-electron chi connectivity index (χ3n) is 5.01. The van der Waals surface area contributed by atoms with Crippen LogP contribution in [0.25, 0.3) is 11.2 Å². The van der Waals surface area contributed by atoms with Crippen LogP contribution >= 0.6 is 0 Å². The van der Waals surface area contributed by atoms with E-state index in [-0.39, 0.29) is 5.91 Å². The summed E-state index contributed by atoms with van der Waals surface area (Å²) < 4.78 is 7.30. The maximum Gasteiger partial charge on any atom is 0.250 e. The first-order valence-corrected chi connectivity index (χ1v) is 9.36. The summed E-state index contributed by atoms with van der Waals surface area (Å²) in [5, 5.41) is 16.3. The number of hydrogen-bond donors (Lipinski definition) is 4. The minimum absolute atomic E-state index is 0.388. The van der Waals surface area contributed by atoms with Crippen LogP contribution in [-0.2, 0) is 16.0 Å². The Bertz CT molecular complexity index is 994. The number of nitrogens with two attached hydrogens (primary N) is 1. The zero-order valence-electron chi connectivity index (χ0n) is 15.9. The summed E-state index contributed by atoms with van der Waals surface area (Å²) in [4.78, 5) is 24.9. The zero-order valence-corrected chi connectivity index (χ0v) is 15.9. The van der Waals surface area contributed by atoms with Crippen molar-refractivity contribution >= 4 is 22.9 Å². The summed E-state index contributed by atoms with van der Waals surface area (Å²) in [5.74, 6) is 0.200. The standard InChI is InChI=1S/C19H23N7O3/c1-21-18(28)15-12(20)14(27)19(29-15)26-10-25-13-16(23-9-24-17(13)26)22-8-7-11-5-3-2-4-6-11/h2-6,9-10,12,14-15,19,27H,7-8,20H2,1H3,(H,21,28)(H,22,23,24). The molecule has 3 aromatic rings. The molecule has 3 heterocycles. The number of ether oxygens (including phenoxy) is 1. The van der Waals surface area contributed by atoms with Crippen LogP contribution in [0.2, 0.25) is 0 Å². The van der Waals surface area contributed by atoms with Gasteiger partial charge >= 0.3 is 0 Å². The lowest BCUT2D eigenvalue weighted by Crippen LogP contribution is -2.46. The van der Waals surface area contributed by atoms with Crippen molar-refractivity contribution in [1.29, 1.82) is 0 Å². The van der Waals surface area contributed by atoms with Gasteiger partial charge < -0.3 is 26.2 Å². The average Bonchev–Trinajstić information content (AvgIpc) is 3.30. The van der Waals surface area contributed by atoms with Gasteiger partial charge in [-0.2, -0.15) is 0 Å². The largest absolute Gasteiger partial charge is 0.387 e.